The molecule has 27 nitrogen and oxygen atoms in total. The molecule has 0 aromatic heterocycles. The molecule has 0 aromatic rings. The molecule has 2 fully saturated rings. The van der Waals surface area contributed by atoms with Crippen LogP contribution in [0, 0.1) is 41.4 Å². The largest absolute Gasteiger partial charge is 0.390 e. The Balaban J connectivity index is 2.98. The Bertz CT molecular complexity index is 2750. The topological polar surface area (TPSA) is 334 Å². The van der Waals surface area contributed by atoms with E-state index in [9.17, 15) is 51.9 Å². The Morgan fingerprint density at radius 3 is 1.48 bits per heavy atom. The molecule has 0 saturated carbocycles. The molecule has 6 N–H and O–H groups in total. The van der Waals surface area contributed by atoms with E-state index in [1.165, 1.54) is 82.7 Å². The van der Waals surface area contributed by atoms with Crippen molar-refractivity contribution in [2.75, 3.05) is 86.6 Å². The number of rotatable bonds is 19. The van der Waals surface area contributed by atoms with Crippen LogP contribution in [0.5, 0.6) is 0 Å². The average Bonchev–Trinajstić information content (AvgIpc) is 0.809. The van der Waals surface area contributed by atoms with Crippen molar-refractivity contribution in [1.82, 2.24) is 60.9 Å². The molecule has 0 spiro atoms. The van der Waals surface area contributed by atoms with E-state index in [4.69, 9.17) is 4.74 Å². The summed E-state index contributed by atoms with van der Waals surface area (Å²) in [4.78, 5) is 171. The van der Waals surface area contributed by atoms with Crippen LogP contribution in [0.1, 0.15) is 150 Å². The Kier molecular flexibility index (Phi) is 34.5. The number of nitrogens with one attached hydrogen (secondary N) is 5. The third-order valence-corrected chi connectivity index (χ3v) is 19.9. The maximum Gasteiger partial charge on any atom is 0.246 e. The summed E-state index contributed by atoms with van der Waals surface area (Å²) in [5.41, 5.74) is 0. The van der Waals surface area contributed by atoms with Crippen LogP contribution in [0.25, 0.3) is 0 Å². The van der Waals surface area contributed by atoms with Crippen LogP contribution in [0.15, 0.2) is 12.2 Å². The number of hydrogen-bond donors (Lipinski definition) is 6. The molecule has 11 amide bonds. The lowest BCUT2D eigenvalue weighted by atomic mass is 9.91. The number of aliphatic hydroxyl groups excluding tert-OH is 1. The minimum atomic E-state index is -3.15. The second-order valence-corrected chi connectivity index (χ2v) is 30.7. The van der Waals surface area contributed by atoms with Crippen LogP contribution in [-0.2, 0) is 67.3 Å². The predicted octanol–water partition coefficient (Wildman–Crippen LogP) is 1.65. The minimum Gasteiger partial charge on any atom is -0.390 e. The standard InChI is InChI=1S/C67H120N12O15S/c1-24-26-27-43(13)56(80)55-61(85)70-48(25-2)63(87)73(18)47(17)58(82)72-53(44(14)37-94-31-28-79-29-32-95(92,93)33-30-79)60(84)71-52(41(9)10)66(90)74(19)49(34-38(3)4)59(83)68-45(15)57(81)69-46(16)62(86)75(20)50(35-39(5)6)64(88)76(21)51(36-40(7)8)65(89)77(22)54(42(11)12)67(91)78(55)23/h24,26,38-56,80H,25,27-37H2,1-23H3,(H,68,83)(H,69,81)(H,70,85)(H,71,84)(H,72,82)/b26-24+/t43-,44-,45+,46-,47-,48+,49+,50+,51+,52+,53+,54+,55+,56-/m1/s1. The number of nitrogens with zero attached hydrogens (tertiary/aromatic N) is 7. The van der Waals surface area contributed by atoms with Crippen molar-refractivity contribution in [3.63, 3.8) is 0 Å². The first-order chi connectivity index (χ1) is 44.0. The molecular formula is C67H120N12O15S. The van der Waals surface area contributed by atoms with Gasteiger partial charge >= 0.3 is 0 Å². The lowest BCUT2D eigenvalue weighted by molar-refractivity contribution is -0.157. The number of carbonyl (C=O) groups excluding carboxylic acids is 11. The summed E-state index contributed by atoms with van der Waals surface area (Å²) in [6.45, 7) is 30.0. The van der Waals surface area contributed by atoms with Gasteiger partial charge in [-0.25, -0.2) is 8.42 Å². The molecule has 28 heteroatoms. The monoisotopic (exact) mass is 1360 g/mol. The SMILES string of the molecule is C/C=C/C[C@@H](C)[C@@H](O)[C@H]1C(=O)N[C@@H](CC)C(=O)N(C)[C@H](C)C(=O)N[C@@H]([C@H](C)COCCN2CCS(=O)(=O)CC2)C(=O)N[C@@H](C(C)C)C(=O)N(C)[C@@H](CC(C)C)C(=O)N[C@@H](C)C(=O)N[C@H](C)C(=O)N(C)[C@@H](CC(C)C)C(=O)N(C)[C@@H](CC(C)C)C(=O)N(C)[C@@H](C(C)C)C(=O)N1C. The van der Waals surface area contributed by atoms with Gasteiger partial charge in [-0.15, -0.1) is 0 Å². The quantitative estimate of drug-likeness (QED) is 0.0791. The van der Waals surface area contributed by atoms with Gasteiger partial charge in [-0.3, -0.25) is 57.6 Å². The molecular weight excluding hydrogens is 1240 g/mol. The van der Waals surface area contributed by atoms with Crippen LogP contribution in [0.2, 0.25) is 0 Å². The van der Waals surface area contributed by atoms with Gasteiger partial charge in [-0.2, -0.15) is 0 Å². The Hall–Kier alpha value is -6.26. The number of ether oxygens (including phenoxy) is 1. The number of allylic oxidation sites excluding steroid dienone is 2. The number of hydrogen-bond acceptors (Lipinski definition) is 16. The number of aliphatic hydroxyl groups is 1. The van der Waals surface area contributed by atoms with Crippen molar-refractivity contribution in [1.29, 1.82) is 0 Å². The van der Waals surface area contributed by atoms with Crippen molar-refractivity contribution in [2.45, 2.75) is 222 Å². The highest BCUT2D eigenvalue weighted by atomic mass is 32.2. The molecule has 2 rings (SSSR count). The van der Waals surface area contributed by atoms with Crippen LogP contribution >= 0.6 is 0 Å². The summed E-state index contributed by atoms with van der Waals surface area (Å²) in [6.07, 6.45) is 2.64. The smallest absolute Gasteiger partial charge is 0.246 e. The van der Waals surface area contributed by atoms with Gasteiger partial charge in [0.1, 0.15) is 66.5 Å². The summed E-state index contributed by atoms with van der Waals surface area (Å²) in [5.74, 6) is -11.3. The molecule has 544 valence electrons. The first-order valence-corrected chi connectivity index (χ1v) is 35.7. The summed E-state index contributed by atoms with van der Waals surface area (Å²) in [7, 11) is 5.23. The molecule has 0 radical (unpaired) electrons. The highest BCUT2D eigenvalue weighted by Gasteiger charge is 2.46. The summed E-state index contributed by atoms with van der Waals surface area (Å²) in [5, 5.41) is 25.9. The zero-order chi connectivity index (χ0) is 73.0. The lowest BCUT2D eigenvalue weighted by Gasteiger charge is -2.41. The first-order valence-electron chi connectivity index (χ1n) is 33.9. The fourth-order valence-electron chi connectivity index (χ4n) is 11.8. The van der Waals surface area contributed by atoms with Gasteiger partial charge in [0, 0.05) is 67.8 Å². The summed E-state index contributed by atoms with van der Waals surface area (Å²) in [6, 6.07) is -14.4. The van der Waals surface area contributed by atoms with E-state index in [2.05, 4.69) is 26.6 Å². The second kappa shape index (κ2) is 38.6. The van der Waals surface area contributed by atoms with Crippen LogP contribution < -0.4 is 26.6 Å². The van der Waals surface area contributed by atoms with Gasteiger partial charge in [0.15, 0.2) is 9.84 Å². The third-order valence-electron chi connectivity index (χ3n) is 18.3. The molecule has 2 saturated heterocycles. The van der Waals surface area contributed by atoms with E-state index in [1.807, 2.05) is 46.4 Å². The summed E-state index contributed by atoms with van der Waals surface area (Å²) < 4.78 is 30.3. The fraction of sp³-hybridized carbons (Fsp3) is 0.806. The number of sulfone groups is 1. The van der Waals surface area contributed by atoms with Crippen molar-refractivity contribution < 1.29 is 71.0 Å². The zero-order valence-corrected chi connectivity index (χ0v) is 62.1. The van der Waals surface area contributed by atoms with E-state index in [-0.39, 0.29) is 74.6 Å². The number of likely N-dealkylation sites (N-methyl/N-ethyl adjacent to an activating group) is 6. The van der Waals surface area contributed by atoms with Crippen LogP contribution in [0.3, 0.4) is 0 Å². The highest BCUT2D eigenvalue weighted by molar-refractivity contribution is 7.91. The van der Waals surface area contributed by atoms with E-state index in [0.29, 0.717) is 19.6 Å². The van der Waals surface area contributed by atoms with Crippen LogP contribution in [-0.4, -0.2) is 272 Å². The van der Waals surface area contributed by atoms with E-state index in [0.717, 1.165) is 9.80 Å². The maximum atomic E-state index is 15.3. The van der Waals surface area contributed by atoms with Crippen molar-refractivity contribution in [2.24, 2.45) is 41.4 Å². The van der Waals surface area contributed by atoms with Gasteiger partial charge in [0.2, 0.25) is 65.0 Å². The predicted molar refractivity (Wildman–Crippen MR) is 364 cm³/mol. The molecule has 14 atom stereocenters. The average molecular weight is 1370 g/mol. The molecule has 2 aliphatic rings. The second-order valence-electron chi connectivity index (χ2n) is 28.4. The molecule has 0 aromatic carbocycles. The fourth-order valence-corrected chi connectivity index (χ4v) is 13.1. The van der Waals surface area contributed by atoms with Crippen molar-refractivity contribution in [3.05, 3.63) is 12.2 Å². The maximum absolute atomic E-state index is 15.3. The van der Waals surface area contributed by atoms with Gasteiger partial charge in [-0.05, 0) is 95.3 Å². The van der Waals surface area contributed by atoms with Crippen molar-refractivity contribution in [3.8, 4) is 0 Å². The molecule has 95 heavy (non-hydrogen) atoms. The molecule has 0 unspecified atom stereocenters. The van der Waals surface area contributed by atoms with Gasteiger partial charge < -0.3 is 65.8 Å². The lowest BCUT2D eigenvalue weighted by Crippen LogP contribution is -2.64. The normalized spacial score (nSPS) is 28.0. The van der Waals surface area contributed by atoms with E-state index in [1.54, 1.807) is 67.5 Å². The van der Waals surface area contributed by atoms with E-state index < -0.39 is 171 Å². The van der Waals surface area contributed by atoms with Gasteiger partial charge in [0.25, 0.3) is 0 Å². The zero-order valence-electron chi connectivity index (χ0n) is 61.3. The van der Waals surface area contributed by atoms with Gasteiger partial charge in [-0.1, -0.05) is 102 Å². The van der Waals surface area contributed by atoms with Crippen molar-refractivity contribution >= 4 is 74.8 Å². The minimum absolute atomic E-state index is 0.00451. The molecule has 2 heterocycles. The Morgan fingerprint density at radius 2 is 0.989 bits per heavy atom. The number of amides is 11. The Labute approximate surface area is 567 Å². The summed E-state index contributed by atoms with van der Waals surface area (Å²) >= 11 is 0. The van der Waals surface area contributed by atoms with Gasteiger partial charge in [0.05, 0.1) is 30.8 Å². The molecule has 0 bridgehead atoms. The third kappa shape index (κ3) is 24.4. The Morgan fingerprint density at radius 1 is 0.516 bits per heavy atom. The first kappa shape index (κ1) is 84.8. The molecule has 2 aliphatic heterocycles. The van der Waals surface area contributed by atoms with E-state index >= 15 is 14.4 Å². The van der Waals surface area contributed by atoms with Crippen LogP contribution in [0.4, 0.5) is 0 Å². The highest BCUT2D eigenvalue weighted by Crippen LogP contribution is 2.26. The molecule has 0 aliphatic carbocycles. The number of carbonyl (C=O) groups is 11.